The van der Waals surface area contributed by atoms with Crippen LogP contribution in [0.4, 0.5) is 0 Å². The van der Waals surface area contributed by atoms with Gasteiger partial charge < -0.3 is 9.47 Å². The predicted octanol–water partition coefficient (Wildman–Crippen LogP) is 2.23. The largest absolute Gasteiger partial charge is 0.497 e. The van der Waals surface area contributed by atoms with E-state index in [0.717, 1.165) is 24.4 Å². The smallest absolute Gasteiger partial charge is 0.156 e. The molecule has 0 aromatic heterocycles. The van der Waals surface area contributed by atoms with Crippen molar-refractivity contribution < 1.29 is 9.47 Å². The number of hydrogen-bond acceptors (Lipinski definition) is 2. The average Bonchev–Trinajstić information content (AvgIpc) is 2.46. The number of methoxy groups -OCH3 is 2. The molecular weight excluding hydrogens is 140 g/mol. The van der Waals surface area contributed by atoms with Gasteiger partial charge >= 0.3 is 0 Å². The van der Waals surface area contributed by atoms with Crippen molar-refractivity contribution in [1.82, 2.24) is 0 Å². The van der Waals surface area contributed by atoms with Crippen molar-refractivity contribution in [2.45, 2.75) is 19.8 Å². The minimum atomic E-state index is 0.879. The van der Waals surface area contributed by atoms with Gasteiger partial charge in [-0.3, -0.25) is 0 Å². The van der Waals surface area contributed by atoms with Gasteiger partial charge in [0.2, 0.25) is 0 Å². The van der Waals surface area contributed by atoms with Crippen molar-refractivity contribution in [2.24, 2.45) is 0 Å². The molecule has 1 aliphatic carbocycles. The highest BCUT2D eigenvalue weighted by molar-refractivity contribution is 5.32. The Morgan fingerprint density at radius 1 is 1.36 bits per heavy atom. The summed E-state index contributed by atoms with van der Waals surface area (Å²) in [5.74, 6) is 1.83. The Bertz CT molecular complexity index is 202. The molecule has 0 saturated carbocycles. The first-order valence-electron chi connectivity index (χ1n) is 3.82. The third-order valence-electron chi connectivity index (χ3n) is 1.92. The van der Waals surface area contributed by atoms with E-state index < -0.39 is 0 Å². The highest BCUT2D eigenvalue weighted by Gasteiger charge is 2.15. The highest BCUT2D eigenvalue weighted by atomic mass is 16.5. The molecule has 0 atom stereocenters. The molecule has 11 heavy (non-hydrogen) atoms. The number of hydrogen-bond donors (Lipinski definition) is 0. The molecule has 0 fully saturated rings. The Labute approximate surface area is 67.5 Å². The zero-order valence-corrected chi connectivity index (χ0v) is 7.31. The maximum atomic E-state index is 5.15. The van der Waals surface area contributed by atoms with Gasteiger partial charge in [0, 0.05) is 6.42 Å². The summed E-state index contributed by atoms with van der Waals surface area (Å²) in [5, 5.41) is 0. The first kappa shape index (κ1) is 8.18. The van der Waals surface area contributed by atoms with Crippen LogP contribution in [-0.4, -0.2) is 14.2 Å². The first-order chi connectivity index (χ1) is 5.31. The summed E-state index contributed by atoms with van der Waals surface area (Å²) in [4.78, 5) is 0. The van der Waals surface area contributed by atoms with Crippen LogP contribution in [0.2, 0.25) is 0 Å². The van der Waals surface area contributed by atoms with Crippen LogP contribution >= 0.6 is 0 Å². The van der Waals surface area contributed by atoms with Crippen molar-refractivity contribution in [3.8, 4) is 0 Å². The standard InChI is InChI=1S/C9H14O2/c1-4-7-5-8(10-2)9(6-7)11-3/h5H,4,6H2,1-3H3. The van der Waals surface area contributed by atoms with E-state index in [1.54, 1.807) is 14.2 Å². The average molecular weight is 154 g/mol. The molecule has 0 spiro atoms. The van der Waals surface area contributed by atoms with Gasteiger partial charge in [-0.2, -0.15) is 0 Å². The highest BCUT2D eigenvalue weighted by Crippen LogP contribution is 2.27. The van der Waals surface area contributed by atoms with Crippen LogP contribution < -0.4 is 0 Å². The third-order valence-corrected chi connectivity index (χ3v) is 1.92. The van der Waals surface area contributed by atoms with Crippen LogP contribution in [0.1, 0.15) is 19.8 Å². The molecule has 2 nitrogen and oxygen atoms in total. The summed E-state index contributed by atoms with van der Waals surface area (Å²) in [6, 6.07) is 0. The molecule has 1 aliphatic rings. The van der Waals surface area contributed by atoms with Gasteiger partial charge in [0.05, 0.1) is 14.2 Å². The van der Waals surface area contributed by atoms with Gasteiger partial charge in [0.1, 0.15) is 5.76 Å². The zero-order chi connectivity index (χ0) is 8.27. The fourth-order valence-corrected chi connectivity index (χ4v) is 1.18. The van der Waals surface area contributed by atoms with Crippen LogP contribution in [0.3, 0.4) is 0 Å². The first-order valence-corrected chi connectivity index (χ1v) is 3.82. The van der Waals surface area contributed by atoms with Crippen molar-refractivity contribution in [3.05, 3.63) is 23.2 Å². The van der Waals surface area contributed by atoms with E-state index in [4.69, 9.17) is 9.47 Å². The Morgan fingerprint density at radius 3 is 2.45 bits per heavy atom. The van der Waals surface area contributed by atoms with Gasteiger partial charge in [-0.15, -0.1) is 0 Å². The Balaban J connectivity index is 2.69. The number of ether oxygens (including phenoxy) is 2. The molecule has 0 unspecified atom stereocenters. The fraction of sp³-hybridized carbons (Fsp3) is 0.556. The van der Waals surface area contributed by atoms with Gasteiger partial charge in [0.15, 0.2) is 5.76 Å². The lowest BCUT2D eigenvalue weighted by atomic mass is 10.2. The normalized spacial score (nSPS) is 16.8. The lowest BCUT2D eigenvalue weighted by Gasteiger charge is -2.03. The van der Waals surface area contributed by atoms with Crippen LogP contribution in [-0.2, 0) is 9.47 Å². The molecule has 62 valence electrons. The van der Waals surface area contributed by atoms with Crippen LogP contribution in [0.15, 0.2) is 23.2 Å². The lowest BCUT2D eigenvalue weighted by Crippen LogP contribution is -1.89. The molecule has 0 radical (unpaired) electrons. The van der Waals surface area contributed by atoms with E-state index in [2.05, 4.69) is 13.0 Å². The minimum Gasteiger partial charge on any atom is -0.497 e. The van der Waals surface area contributed by atoms with E-state index in [1.165, 1.54) is 5.57 Å². The molecule has 0 N–H and O–H groups in total. The molecule has 0 saturated heterocycles. The van der Waals surface area contributed by atoms with E-state index >= 15 is 0 Å². The summed E-state index contributed by atoms with van der Waals surface area (Å²) in [6.07, 6.45) is 4.04. The lowest BCUT2D eigenvalue weighted by molar-refractivity contribution is 0.231. The second-order valence-corrected chi connectivity index (χ2v) is 2.53. The maximum Gasteiger partial charge on any atom is 0.156 e. The van der Waals surface area contributed by atoms with E-state index in [0.29, 0.717) is 0 Å². The molecular formula is C9H14O2. The van der Waals surface area contributed by atoms with Crippen molar-refractivity contribution >= 4 is 0 Å². The van der Waals surface area contributed by atoms with Gasteiger partial charge in [-0.1, -0.05) is 12.5 Å². The molecule has 0 heterocycles. The van der Waals surface area contributed by atoms with Gasteiger partial charge in [-0.25, -0.2) is 0 Å². The van der Waals surface area contributed by atoms with Crippen LogP contribution in [0.5, 0.6) is 0 Å². The van der Waals surface area contributed by atoms with E-state index in [1.807, 2.05) is 0 Å². The Kier molecular flexibility index (Phi) is 2.58. The van der Waals surface area contributed by atoms with Crippen molar-refractivity contribution in [1.29, 1.82) is 0 Å². The number of allylic oxidation sites excluding steroid dienone is 2. The summed E-state index contributed by atoms with van der Waals surface area (Å²) < 4.78 is 10.3. The summed E-state index contributed by atoms with van der Waals surface area (Å²) in [6.45, 7) is 2.14. The topological polar surface area (TPSA) is 18.5 Å². The Hall–Kier alpha value is -0.920. The summed E-state index contributed by atoms with van der Waals surface area (Å²) in [5.41, 5.74) is 1.37. The maximum absolute atomic E-state index is 5.15. The second-order valence-electron chi connectivity index (χ2n) is 2.53. The van der Waals surface area contributed by atoms with Crippen molar-refractivity contribution in [3.63, 3.8) is 0 Å². The molecule has 0 bridgehead atoms. The SMILES string of the molecule is CCC1=CC(OC)=C(OC)C1. The van der Waals surface area contributed by atoms with Gasteiger partial charge in [0.25, 0.3) is 0 Å². The van der Waals surface area contributed by atoms with E-state index in [-0.39, 0.29) is 0 Å². The molecule has 0 aliphatic heterocycles. The third kappa shape index (κ3) is 1.56. The fourth-order valence-electron chi connectivity index (χ4n) is 1.18. The Morgan fingerprint density at radius 2 is 2.09 bits per heavy atom. The summed E-state index contributed by atoms with van der Waals surface area (Å²) in [7, 11) is 3.35. The molecule has 2 heteroatoms. The van der Waals surface area contributed by atoms with Crippen LogP contribution in [0.25, 0.3) is 0 Å². The predicted molar refractivity (Wildman–Crippen MR) is 44.0 cm³/mol. The molecule has 0 aromatic carbocycles. The van der Waals surface area contributed by atoms with E-state index in [9.17, 15) is 0 Å². The zero-order valence-electron chi connectivity index (χ0n) is 7.31. The quantitative estimate of drug-likeness (QED) is 0.620. The van der Waals surface area contributed by atoms with Crippen molar-refractivity contribution in [2.75, 3.05) is 14.2 Å². The second kappa shape index (κ2) is 3.46. The number of rotatable bonds is 3. The summed E-state index contributed by atoms with van der Waals surface area (Å²) >= 11 is 0. The molecule has 1 rings (SSSR count). The minimum absolute atomic E-state index is 0.879. The van der Waals surface area contributed by atoms with Gasteiger partial charge in [-0.05, 0) is 12.5 Å². The molecule has 0 amide bonds. The molecule has 0 aromatic rings. The van der Waals surface area contributed by atoms with Crippen LogP contribution in [0, 0.1) is 0 Å². The monoisotopic (exact) mass is 154 g/mol.